The number of hydrogen-bond acceptors (Lipinski definition) is 6. The molecule has 2 atom stereocenters. The minimum absolute atomic E-state index is 0.0917. The molecule has 0 aromatic heterocycles. The van der Waals surface area contributed by atoms with Crippen molar-refractivity contribution >= 4 is 17.7 Å². The summed E-state index contributed by atoms with van der Waals surface area (Å²) in [5.74, 6) is -1.96. The molecule has 2 aromatic carbocycles. The van der Waals surface area contributed by atoms with Crippen molar-refractivity contribution in [2.45, 2.75) is 32.5 Å². The molecular formula is C22H24O6. The summed E-state index contributed by atoms with van der Waals surface area (Å²) in [5.41, 5.74) is 1.16. The van der Waals surface area contributed by atoms with Gasteiger partial charge in [0.25, 0.3) is 5.78 Å². The van der Waals surface area contributed by atoms with E-state index in [-0.39, 0.29) is 31.2 Å². The third-order valence-corrected chi connectivity index (χ3v) is 3.76. The van der Waals surface area contributed by atoms with Crippen molar-refractivity contribution in [3.05, 3.63) is 71.8 Å². The van der Waals surface area contributed by atoms with Crippen molar-refractivity contribution in [1.29, 1.82) is 0 Å². The molecule has 0 saturated heterocycles. The summed E-state index contributed by atoms with van der Waals surface area (Å²) >= 11 is 0. The van der Waals surface area contributed by atoms with E-state index < -0.39 is 24.0 Å². The Kier molecular flexibility index (Phi) is 8.37. The van der Waals surface area contributed by atoms with Gasteiger partial charge in [0.15, 0.2) is 0 Å². The number of carbonyl (C=O) groups is 3. The van der Waals surface area contributed by atoms with E-state index >= 15 is 0 Å². The van der Waals surface area contributed by atoms with Gasteiger partial charge >= 0.3 is 11.9 Å². The second-order valence-electron chi connectivity index (χ2n) is 6.41. The van der Waals surface area contributed by atoms with Crippen molar-refractivity contribution in [3.8, 4) is 0 Å². The number of ketones is 1. The van der Waals surface area contributed by atoms with Crippen LogP contribution in [-0.2, 0) is 30.2 Å². The van der Waals surface area contributed by atoms with Gasteiger partial charge in [0.2, 0.25) is 0 Å². The Labute approximate surface area is 164 Å². The maximum absolute atomic E-state index is 12.0. The first-order valence-electron chi connectivity index (χ1n) is 9.07. The van der Waals surface area contributed by atoms with Crippen molar-refractivity contribution in [1.82, 2.24) is 0 Å². The zero-order valence-corrected chi connectivity index (χ0v) is 16.0. The lowest BCUT2D eigenvalue weighted by Crippen LogP contribution is -2.28. The molecular weight excluding hydrogens is 360 g/mol. The van der Waals surface area contributed by atoms with E-state index in [9.17, 15) is 14.4 Å². The summed E-state index contributed by atoms with van der Waals surface area (Å²) in [7, 11) is 0. The number of benzene rings is 2. The lowest BCUT2D eigenvalue weighted by atomic mass is 10.1. The Morgan fingerprint density at radius 3 is 1.93 bits per heavy atom. The highest BCUT2D eigenvalue weighted by atomic mass is 16.6. The van der Waals surface area contributed by atoms with Crippen LogP contribution in [0.15, 0.2) is 60.7 Å². The van der Waals surface area contributed by atoms with Crippen LogP contribution in [0.3, 0.4) is 0 Å². The van der Waals surface area contributed by atoms with Crippen LogP contribution < -0.4 is 0 Å². The van der Waals surface area contributed by atoms with Crippen LogP contribution in [0.5, 0.6) is 0 Å². The van der Waals surface area contributed by atoms with E-state index in [2.05, 4.69) is 0 Å². The predicted molar refractivity (Wildman–Crippen MR) is 103 cm³/mol. The Bertz CT molecular complexity index is 772. The second kappa shape index (κ2) is 11.0. The van der Waals surface area contributed by atoms with E-state index in [4.69, 9.17) is 14.2 Å². The zero-order chi connectivity index (χ0) is 20.4. The summed E-state index contributed by atoms with van der Waals surface area (Å²) in [6.45, 7) is 3.60. The van der Waals surface area contributed by atoms with Crippen LogP contribution in [0.2, 0.25) is 0 Å². The average molecular weight is 384 g/mol. The predicted octanol–water partition coefficient (Wildman–Crippen LogP) is 2.99. The lowest BCUT2D eigenvalue weighted by molar-refractivity contribution is -0.152. The number of rotatable bonds is 10. The van der Waals surface area contributed by atoms with E-state index in [0.717, 1.165) is 5.56 Å². The number of hydrogen-bond donors (Lipinski definition) is 0. The monoisotopic (exact) mass is 384 g/mol. The van der Waals surface area contributed by atoms with Gasteiger partial charge in [0.1, 0.15) is 12.2 Å². The fourth-order valence-corrected chi connectivity index (χ4v) is 2.44. The lowest BCUT2D eigenvalue weighted by Gasteiger charge is -2.16. The average Bonchev–Trinajstić information content (AvgIpc) is 2.68. The zero-order valence-electron chi connectivity index (χ0n) is 16.0. The normalized spacial score (nSPS) is 12.6. The summed E-state index contributed by atoms with van der Waals surface area (Å²) in [6, 6.07) is 17.5. The molecule has 0 spiro atoms. The number of Topliss-reactive ketones (excluding diaryl/α,β-unsaturated/α-hetero) is 1. The van der Waals surface area contributed by atoms with Gasteiger partial charge in [-0.3, -0.25) is 9.59 Å². The molecule has 0 aliphatic heterocycles. The van der Waals surface area contributed by atoms with Crippen LogP contribution in [0.25, 0.3) is 0 Å². The van der Waals surface area contributed by atoms with Crippen LogP contribution in [0, 0.1) is 0 Å². The van der Waals surface area contributed by atoms with Gasteiger partial charge in [-0.2, -0.15) is 0 Å². The quantitative estimate of drug-likeness (QED) is 0.356. The summed E-state index contributed by atoms with van der Waals surface area (Å²) in [4.78, 5) is 35.7. The van der Waals surface area contributed by atoms with E-state index in [1.807, 2.05) is 30.3 Å². The molecule has 0 amide bonds. The molecule has 2 unspecified atom stereocenters. The maximum Gasteiger partial charge on any atom is 0.380 e. The maximum atomic E-state index is 12.0. The first-order valence-corrected chi connectivity index (χ1v) is 9.07. The summed E-state index contributed by atoms with van der Waals surface area (Å²) < 4.78 is 15.8. The molecule has 0 bridgehead atoms. The van der Waals surface area contributed by atoms with Gasteiger partial charge < -0.3 is 14.2 Å². The topological polar surface area (TPSA) is 78.9 Å². The Morgan fingerprint density at radius 1 is 0.786 bits per heavy atom. The van der Waals surface area contributed by atoms with E-state index in [1.54, 1.807) is 44.2 Å². The Morgan fingerprint density at radius 2 is 1.32 bits per heavy atom. The molecule has 2 aromatic rings. The molecule has 0 saturated carbocycles. The van der Waals surface area contributed by atoms with Crippen molar-refractivity contribution < 1.29 is 28.6 Å². The number of ether oxygens (including phenoxy) is 3. The van der Waals surface area contributed by atoms with Crippen molar-refractivity contribution in [2.24, 2.45) is 0 Å². The third-order valence-electron chi connectivity index (χ3n) is 3.76. The summed E-state index contributed by atoms with van der Waals surface area (Å²) in [6.07, 6.45) is -0.849. The minimum Gasteiger partial charge on any atom is -0.460 e. The molecule has 0 N–H and O–H groups in total. The molecule has 28 heavy (non-hydrogen) atoms. The number of esters is 2. The van der Waals surface area contributed by atoms with Gasteiger partial charge in [-0.05, 0) is 19.4 Å². The Balaban J connectivity index is 1.65. The second-order valence-corrected chi connectivity index (χ2v) is 6.41. The molecule has 0 aliphatic rings. The van der Waals surface area contributed by atoms with E-state index in [1.165, 1.54) is 0 Å². The van der Waals surface area contributed by atoms with Crippen molar-refractivity contribution in [3.63, 3.8) is 0 Å². The molecule has 6 heteroatoms. The molecule has 0 fully saturated rings. The van der Waals surface area contributed by atoms with Crippen LogP contribution in [0.1, 0.15) is 29.8 Å². The highest BCUT2D eigenvalue weighted by Crippen LogP contribution is 2.05. The van der Waals surface area contributed by atoms with Crippen LogP contribution in [-0.4, -0.2) is 43.1 Å². The third kappa shape index (κ3) is 7.32. The highest BCUT2D eigenvalue weighted by molar-refractivity contribution is 6.40. The SMILES string of the molecule is CC(COCC(C)OC(=O)C(=O)c1ccccc1)OC(=O)Cc1ccccc1. The highest BCUT2D eigenvalue weighted by Gasteiger charge is 2.20. The number of carbonyl (C=O) groups excluding carboxylic acids is 3. The Hall–Kier alpha value is -2.99. The first kappa shape index (κ1) is 21.3. The molecule has 2 rings (SSSR count). The first-order chi connectivity index (χ1) is 13.5. The smallest absolute Gasteiger partial charge is 0.380 e. The van der Waals surface area contributed by atoms with Gasteiger partial charge in [-0.1, -0.05) is 60.7 Å². The summed E-state index contributed by atoms with van der Waals surface area (Å²) in [5, 5.41) is 0. The van der Waals surface area contributed by atoms with Crippen LogP contribution >= 0.6 is 0 Å². The molecule has 0 radical (unpaired) electrons. The van der Waals surface area contributed by atoms with Crippen LogP contribution in [0.4, 0.5) is 0 Å². The van der Waals surface area contributed by atoms with Gasteiger partial charge in [-0.15, -0.1) is 0 Å². The molecule has 6 nitrogen and oxygen atoms in total. The molecule has 148 valence electrons. The van der Waals surface area contributed by atoms with E-state index in [0.29, 0.717) is 0 Å². The molecule has 0 heterocycles. The van der Waals surface area contributed by atoms with Crippen molar-refractivity contribution in [2.75, 3.05) is 13.2 Å². The van der Waals surface area contributed by atoms with Gasteiger partial charge in [0.05, 0.1) is 19.6 Å². The molecule has 0 aliphatic carbocycles. The van der Waals surface area contributed by atoms with Gasteiger partial charge in [-0.25, -0.2) is 4.79 Å². The fourth-order valence-electron chi connectivity index (χ4n) is 2.44. The fraction of sp³-hybridized carbons (Fsp3) is 0.318. The largest absolute Gasteiger partial charge is 0.460 e. The standard InChI is InChI=1S/C22H24O6/c1-16(27-20(23)13-18-9-5-3-6-10-18)14-26-15-17(2)28-22(25)21(24)19-11-7-4-8-12-19/h3-12,16-17H,13-15H2,1-2H3. The van der Waals surface area contributed by atoms with Gasteiger partial charge in [0, 0.05) is 5.56 Å². The minimum atomic E-state index is -0.926.